The van der Waals surface area contributed by atoms with Crippen molar-refractivity contribution in [3.8, 4) is 0 Å². The third-order valence-electron chi connectivity index (χ3n) is 3.67. The molecule has 0 saturated carbocycles. The van der Waals surface area contributed by atoms with E-state index in [0.717, 1.165) is 12.2 Å². The number of hydrogen-bond acceptors (Lipinski definition) is 4. The Bertz CT molecular complexity index is 391. The molecule has 17 heavy (non-hydrogen) atoms. The normalized spacial score (nSPS) is 25.8. The second-order valence-electron chi connectivity index (χ2n) is 5.04. The number of nitrogens with two attached hydrogens (primary N) is 2. The molecule has 1 aromatic carbocycles. The van der Waals surface area contributed by atoms with Gasteiger partial charge in [0.15, 0.2) is 0 Å². The first-order valence-corrected chi connectivity index (χ1v) is 6.18. The van der Waals surface area contributed by atoms with E-state index < -0.39 is 0 Å². The van der Waals surface area contributed by atoms with E-state index in [1.54, 1.807) is 0 Å². The topological polar surface area (TPSA) is 67.3 Å². The summed E-state index contributed by atoms with van der Waals surface area (Å²) in [6.45, 7) is 3.41. The molecule has 0 spiro atoms. The molecule has 2 rings (SSSR count). The second kappa shape index (κ2) is 4.84. The van der Waals surface area contributed by atoms with Crippen LogP contribution in [0.3, 0.4) is 0 Å². The fourth-order valence-corrected chi connectivity index (χ4v) is 2.32. The molecule has 0 radical (unpaired) electrons. The fraction of sp³-hybridized carbons (Fsp3) is 0.538. The minimum Gasteiger partial charge on any atom is -0.397 e. The Morgan fingerprint density at radius 1 is 1.29 bits per heavy atom. The van der Waals surface area contributed by atoms with Gasteiger partial charge in [0.1, 0.15) is 0 Å². The molecule has 2 atom stereocenters. The number of hydrogen-bond donors (Lipinski definition) is 3. The van der Waals surface area contributed by atoms with Crippen molar-refractivity contribution < 1.29 is 0 Å². The Balaban J connectivity index is 1.99. The van der Waals surface area contributed by atoms with Crippen LogP contribution in [0.4, 0.5) is 17.1 Å². The van der Waals surface area contributed by atoms with Crippen molar-refractivity contribution in [1.82, 2.24) is 4.90 Å². The molecule has 1 aromatic rings. The molecule has 1 fully saturated rings. The van der Waals surface area contributed by atoms with Crippen molar-refractivity contribution in [2.75, 3.05) is 30.4 Å². The van der Waals surface area contributed by atoms with Crippen molar-refractivity contribution in [1.29, 1.82) is 0 Å². The summed E-state index contributed by atoms with van der Waals surface area (Å²) >= 11 is 0. The summed E-state index contributed by atoms with van der Waals surface area (Å²) in [5.41, 5.74) is 13.9. The maximum Gasteiger partial charge on any atom is 0.0568 e. The Labute approximate surface area is 103 Å². The van der Waals surface area contributed by atoms with Crippen LogP contribution in [0.5, 0.6) is 0 Å². The Morgan fingerprint density at radius 3 is 2.71 bits per heavy atom. The predicted molar refractivity (Wildman–Crippen MR) is 74.0 cm³/mol. The van der Waals surface area contributed by atoms with E-state index in [-0.39, 0.29) is 0 Å². The summed E-state index contributed by atoms with van der Waals surface area (Å²) in [6, 6.07) is 6.93. The zero-order chi connectivity index (χ0) is 12.4. The lowest BCUT2D eigenvalue weighted by Gasteiger charge is -2.35. The number of nitrogens with zero attached hydrogens (tertiary/aromatic N) is 1. The van der Waals surface area contributed by atoms with Gasteiger partial charge in [0, 0.05) is 24.3 Å². The summed E-state index contributed by atoms with van der Waals surface area (Å²) in [5, 5.41) is 3.54. The molecule has 4 heteroatoms. The van der Waals surface area contributed by atoms with E-state index in [2.05, 4.69) is 24.2 Å². The third kappa shape index (κ3) is 2.82. The number of nitrogens with one attached hydrogen (secondary N) is 1. The number of benzene rings is 1. The van der Waals surface area contributed by atoms with Gasteiger partial charge in [0.2, 0.25) is 0 Å². The van der Waals surface area contributed by atoms with Gasteiger partial charge < -0.3 is 21.7 Å². The molecule has 94 valence electrons. The molecule has 1 heterocycles. The maximum atomic E-state index is 5.80. The minimum atomic E-state index is 0.532. The van der Waals surface area contributed by atoms with Gasteiger partial charge >= 0.3 is 0 Å². The Hall–Kier alpha value is -1.42. The molecule has 1 saturated heterocycles. The molecule has 1 aliphatic heterocycles. The number of rotatable bonds is 2. The first kappa shape index (κ1) is 12.0. The summed E-state index contributed by atoms with van der Waals surface area (Å²) in [5.74, 6) is 0. The average Bonchev–Trinajstić information content (AvgIpc) is 2.29. The van der Waals surface area contributed by atoms with Crippen molar-refractivity contribution >= 4 is 17.1 Å². The highest BCUT2D eigenvalue weighted by atomic mass is 15.1. The van der Waals surface area contributed by atoms with Crippen LogP contribution < -0.4 is 16.8 Å². The summed E-state index contributed by atoms with van der Waals surface area (Å²) in [6.07, 6.45) is 2.34. The lowest BCUT2D eigenvalue weighted by Crippen LogP contribution is -2.42. The molecule has 5 N–H and O–H groups in total. The summed E-state index contributed by atoms with van der Waals surface area (Å²) < 4.78 is 0. The summed E-state index contributed by atoms with van der Waals surface area (Å²) in [4.78, 5) is 2.40. The number of piperidine rings is 1. The predicted octanol–water partition coefficient (Wildman–Crippen LogP) is 1.75. The van der Waals surface area contributed by atoms with Gasteiger partial charge in [-0.1, -0.05) is 0 Å². The highest BCUT2D eigenvalue weighted by Gasteiger charge is 2.22. The largest absolute Gasteiger partial charge is 0.397 e. The van der Waals surface area contributed by atoms with Gasteiger partial charge in [-0.25, -0.2) is 0 Å². The van der Waals surface area contributed by atoms with Crippen LogP contribution >= 0.6 is 0 Å². The molecule has 0 aliphatic carbocycles. The van der Waals surface area contributed by atoms with Gasteiger partial charge in [0.25, 0.3) is 0 Å². The minimum absolute atomic E-state index is 0.532. The number of anilines is 3. The fourth-order valence-electron chi connectivity index (χ4n) is 2.32. The monoisotopic (exact) mass is 234 g/mol. The Morgan fingerprint density at radius 2 is 2.06 bits per heavy atom. The molecule has 0 aromatic heterocycles. The van der Waals surface area contributed by atoms with Crippen molar-refractivity contribution in [3.05, 3.63) is 18.2 Å². The molecule has 0 bridgehead atoms. The lowest BCUT2D eigenvalue weighted by atomic mass is 9.98. The molecule has 1 aliphatic rings. The van der Waals surface area contributed by atoms with Crippen LogP contribution in [0.25, 0.3) is 0 Å². The molecular formula is C13H22N4. The van der Waals surface area contributed by atoms with Crippen molar-refractivity contribution in [2.45, 2.75) is 31.8 Å². The van der Waals surface area contributed by atoms with Crippen molar-refractivity contribution in [3.63, 3.8) is 0 Å². The molecular weight excluding hydrogens is 212 g/mol. The van der Waals surface area contributed by atoms with Gasteiger partial charge in [-0.05, 0) is 45.0 Å². The zero-order valence-electron chi connectivity index (χ0n) is 10.6. The van der Waals surface area contributed by atoms with E-state index in [9.17, 15) is 0 Å². The lowest BCUT2D eigenvalue weighted by molar-refractivity contribution is 0.190. The zero-order valence-corrected chi connectivity index (χ0v) is 10.6. The van der Waals surface area contributed by atoms with E-state index in [1.165, 1.54) is 12.8 Å². The average molecular weight is 234 g/mol. The first-order valence-electron chi connectivity index (χ1n) is 6.18. The Kier molecular flexibility index (Phi) is 3.43. The van der Waals surface area contributed by atoms with E-state index in [0.29, 0.717) is 23.5 Å². The van der Waals surface area contributed by atoms with Gasteiger partial charge in [-0.3, -0.25) is 0 Å². The van der Waals surface area contributed by atoms with Gasteiger partial charge in [0.05, 0.1) is 11.4 Å². The maximum absolute atomic E-state index is 5.80. The highest BCUT2D eigenvalue weighted by molar-refractivity contribution is 5.69. The van der Waals surface area contributed by atoms with Gasteiger partial charge in [-0.15, -0.1) is 0 Å². The molecule has 2 unspecified atom stereocenters. The second-order valence-corrected chi connectivity index (χ2v) is 5.04. The van der Waals surface area contributed by atoms with Crippen LogP contribution in [-0.2, 0) is 0 Å². The van der Waals surface area contributed by atoms with Gasteiger partial charge in [-0.2, -0.15) is 0 Å². The van der Waals surface area contributed by atoms with E-state index >= 15 is 0 Å². The van der Waals surface area contributed by atoms with Crippen LogP contribution in [0.2, 0.25) is 0 Å². The van der Waals surface area contributed by atoms with Crippen LogP contribution in [0.15, 0.2) is 18.2 Å². The van der Waals surface area contributed by atoms with E-state index in [4.69, 9.17) is 11.5 Å². The van der Waals surface area contributed by atoms with E-state index in [1.807, 2.05) is 18.2 Å². The van der Waals surface area contributed by atoms with Crippen molar-refractivity contribution in [2.24, 2.45) is 0 Å². The number of likely N-dealkylation sites (tertiary alicyclic amines) is 1. The van der Waals surface area contributed by atoms with Crippen LogP contribution in [0, 0.1) is 0 Å². The molecule has 0 amide bonds. The quantitative estimate of drug-likeness (QED) is 0.682. The smallest absolute Gasteiger partial charge is 0.0568 e. The highest BCUT2D eigenvalue weighted by Crippen LogP contribution is 2.23. The third-order valence-corrected chi connectivity index (χ3v) is 3.67. The summed E-state index contributed by atoms with van der Waals surface area (Å²) in [7, 11) is 2.18. The standard InChI is InChI=1S/C13H22N4/c1-9-7-11(5-6-17(9)2)16-10-3-4-12(14)13(15)8-10/h3-4,8-9,11,16H,5-7,14-15H2,1-2H3. The van der Waals surface area contributed by atoms with Crippen LogP contribution in [-0.4, -0.2) is 30.6 Å². The van der Waals surface area contributed by atoms with Crippen LogP contribution in [0.1, 0.15) is 19.8 Å². The number of nitrogen functional groups attached to an aromatic ring is 2. The molecule has 4 nitrogen and oxygen atoms in total. The SMILES string of the molecule is CC1CC(Nc2ccc(N)c(N)c2)CCN1C. The first-order chi connectivity index (χ1) is 8.06.